The van der Waals surface area contributed by atoms with E-state index >= 15 is 0 Å². The van der Waals surface area contributed by atoms with Crippen LogP contribution in [-0.4, -0.2) is 33.5 Å². The van der Waals surface area contributed by atoms with Crippen LogP contribution < -0.4 is 5.73 Å². The van der Waals surface area contributed by atoms with Crippen molar-refractivity contribution in [3.8, 4) is 0 Å². The van der Waals surface area contributed by atoms with E-state index in [4.69, 9.17) is 10.8 Å². The number of amides is 2. The first-order valence-electron chi connectivity index (χ1n) is 4.70. The Morgan fingerprint density at radius 1 is 1.40 bits per heavy atom. The van der Waals surface area contributed by atoms with E-state index < -0.39 is 29.4 Å². The van der Waals surface area contributed by atoms with Gasteiger partial charge in [0.25, 0.3) is 0 Å². The third-order valence-corrected chi connectivity index (χ3v) is 2.64. The summed E-state index contributed by atoms with van der Waals surface area (Å²) in [5, 5.41) is 9.03. The second kappa shape index (κ2) is 3.62. The summed E-state index contributed by atoms with van der Waals surface area (Å²) in [4.78, 5) is 34.6. The standard InChI is InChI=1S/C9H14N2O4/c1-5(2)9(10,8(14)15)11-6(12)3-4-7(11)13/h5H,3-4,10H2,1-2H3,(H,14,15)/t9-/m0/s1. The number of carboxylic acid groups (broad SMARTS) is 1. The molecule has 1 aliphatic rings. The quantitative estimate of drug-likeness (QED) is 0.618. The molecule has 6 heteroatoms. The number of hydrogen-bond acceptors (Lipinski definition) is 4. The van der Waals surface area contributed by atoms with Crippen molar-refractivity contribution >= 4 is 17.8 Å². The Kier molecular flexibility index (Phi) is 2.81. The van der Waals surface area contributed by atoms with Gasteiger partial charge in [-0.05, 0) is 0 Å². The summed E-state index contributed by atoms with van der Waals surface area (Å²) in [7, 11) is 0. The van der Waals surface area contributed by atoms with Crippen molar-refractivity contribution in [3.05, 3.63) is 0 Å². The third kappa shape index (κ3) is 1.61. The van der Waals surface area contributed by atoms with E-state index in [1.54, 1.807) is 13.8 Å². The molecule has 1 saturated heterocycles. The first kappa shape index (κ1) is 11.6. The summed E-state index contributed by atoms with van der Waals surface area (Å²) in [5.74, 6) is -2.93. The average Bonchev–Trinajstić information content (AvgIpc) is 2.44. The van der Waals surface area contributed by atoms with Crippen LogP contribution in [0.4, 0.5) is 0 Å². The molecule has 6 nitrogen and oxygen atoms in total. The lowest BCUT2D eigenvalue weighted by Gasteiger charge is -2.36. The fourth-order valence-corrected chi connectivity index (χ4v) is 1.59. The molecule has 1 fully saturated rings. The number of rotatable bonds is 3. The molecule has 0 unspecified atom stereocenters. The van der Waals surface area contributed by atoms with Gasteiger partial charge < -0.3 is 5.11 Å². The molecule has 1 heterocycles. The zero-order chi connectivity index (χ0) is 11.8. The van der Waals surface area contributed by atoms with Gasteiger partial charge in [-0.2, -0.15) is 0 Å². The maximum Gasteiger partial charge on any atom is 0.345 e. The first-order chi connectivity index (χ1) is 6.81. The van der Waals surface area contributed by atoms with Gasteiger partial charge in [0.1, 0.15) is 0 Å². The summed E-state index contributed by atoms with van der Waals surface area (Å²) < 4.78 is 0. The molecule has 84 valence electrons. The number of likely N-dealkylation sites (tertiary alicyclic amines) is 1. The van der Waals surface area contributed by atoms with Crippen LogP contribution >= 0.6 is 0 Å². The minimum absolute atomic E-state index is 0.0395. The predicted molar refractivity (Wildman–Crippen MR) is 50.5 cm³/mol. The maximum absolute atomic E-state index is 11.4. The van der Waals surface area contributed by atoms with Crippen LogP contribution in [0.25, 0.3) is 0 Å². The Hall–Kier alpha value is -1.43. The molecular weight excluding hydrogens is 200 g/mol. The number of aliphatic carboxylic acids is 1. The highest BCUT2D eigenvalue weighted by Crippen LogP contribution is 2.26. The molecule has 0 aromatic carbocycles. The lowest BCUT2D eigenvalue weighted by molar-refractivity contribution is -0.166. The lowest BCUT2D eigenvalue weighted by Crippen LogP contribution is -2.66. The second-order valence-corrected chi connectivity index (χ2v) is 3.91. The lowest BCUT2D eigenvalue weighted by atomic mass is 9.95. The monoisotopic (exact) mass is 214 g/mol. The molecule has 0 spiro atoms. The third-order valence-electron chi connectivity index (χ3n) is 2.64. The highest BCUT2D eigenvalue weighted by atomic mass is 16.4. The molecule has 1 rings (SSSR count). The van der Waals surface area contributed by atoms with E-state index in [2.05, 4.69) is 0 Å². The zero-order valence-electron chi connectivity index (χ0n) is 8.69. The summed E-state index contributed by atoms with van der Waals surface area (Å²) in [5.41, 5.74) is 3.73. The summed E-state index contributed by atoms with van der Waals surface area (Å²) in [6, 6.07) is 0. The van der Waals surface area contributed by atoms with Gasteiger partial charge in [0.15, 0.2) is 5.66 Å². The van der Waals surface area contributed by atoms with Gasteiger partial charge in [-0.15, -0.1) is 0 Å². The molecule has 0 radical (unpaired) electrons. The molecule has 0 aromatic heterocycles. The molecule has 0 bridgehead atoms. The minimum atomic E-state index is -1.93. The molecule has 0 saturated carbocycles. The molecular formula is C9H14N2O4. The van der Waals surface area contributed by atoms with Gasteiger partial charge in [-0.3, -0.25) is 20.2 Å². The number of hydrogen-bond donors (Lipinski definition) is 2. The van der Waals surface area contributed by atoms with Crippen LogP contribution in [0.5, 0.6) is 0 Å². The van der Waals surface area contributed by atoms with Crippen molar-refractivity contribution in [2.45, 2.75) is 32.4 Å². The van der Waals surface area contributed by atoms with Crippen molar-refractivity contribution in [1.29, 1.82) is 0 Å². The molecule has 15 heavy (non-hydrogen) atoms. The first-order valence-corrected chi connectivity index (χ1v) is 4.70. The number of nitrogens with two attached hydrogens (primary N) is 1. The van der Waals surface area contributed by atoms with Gasteiger partial charge >= 0.3 is 5.97 Å². The Morgan fingerprint density at radius 2 is 1.80 bits per heavy atom. The average molecular weight is 214 g/mol. The number of imide groups is 1. The number of nitrogens with zero attached hydrogens (tertiary/aromatic N) is 1. The predicted octanol–water partition coefficient (Wildman–Crippen LogP) is -0.469. The zero-order valence-corrected chi connectivity index (χ0v) is 8.69. The number of carbonyl (C=O) groups excluding carboxylic acids is 2. The van der Waals surface area contributed by atoms with Crippen molar-refractivity contribution in [3.63, 3.8) is 0 Å². The van der Waals surface area contributed by atoms with Crippen LogP contribution in [-0.2, 0) is 14.4 Å². The Balaban J connectivity index is 3.15. The molecule has 1 atom stereocenters. The highest BCUT2D eigenvalue weighted by molar-refractivity contribution is 6.06. The maximum atomic E-state index is 11.4. The van der Waals surface area contributed by atoms with Crippen LogP contribution in [0.15, 0.2) is 0 Å². The Bertz CT molecular complexity index is 310. The summed E-state index contributed by atoms with van der Waals surface area (Å²) >= 11 is 0. The molecule has 3 N–H and O–H groups in total. The Labute approximate surface area is 87.0 Å². The van der Waals surface area contributed by atoms with Crippen LogP contribution in [0, 0.1) is 5.92 Å². The highest BCUT2D eigenvalue weighted by Gasteiger charge is 2.51. The molecule has 0 aliphatic carbocycles. The molecule has 0 aromatic rings. The van der Waals surface area contributed by atoms with Crippen molar-refractivity contribution in [2.24, 2.45) is 11.7 Å². The van der Waals surface area contributed by atoms with Crippen LogP contribution in [0.1, 0.15) is 26.7 Å². The number of carbonyl (C=O) groups is 3. The van der Waals surface area contributed by atoms with Gasteiger partial charge in [0, 0.05) is 18.8 Å². The SMILES string of the molecule is CC(C)[C@@](N)(C(=O)O)N1C(=O)CCC1=O. The number of carboxylic acids is 1. The normalized spacial score (nSPS) is 20.9. The summed E-state index contributed by atoms with van der Waals surface area (Å²) in [6.45, 7) is 3.12. The van der Waals surface area contributed by atoms with Crippen LogP contribution in [0.3, 0.4) is 0 Å². The van der Waals surface area contributed by atoms with Gasteiger partial charge in [0.05, 0.1) is 0 Å². The van der Waals surface area contributed by atoms with E-state index in [0.29, 0.717) is 4.90 Å². The Morgan fingerprint density at radius 3 is 2.07 bits per heavy atom. The van der Waals surface area contributed by atoms with Gasteiger partial charge in [0.2, 0.25) is 11.8 Å². The van der Waals surface area contributed by atoms with Crippen molar-refractivity contribution < 1.29 is 19.5 Å². The van der Waals surface area contributed by atoms with Gasteiger partial charge in [-0.1, -0.05) is 13.8 Å². The van der Waals surface area contributed by atoms with E-state index in [0.717, 1.165) is 0 Å². The van der Waals surface area contributed by atoms with Crippen molar-refractivity contribution in [1.82, 2.24) is 4.90 Å². The smallest absolute Gasteiger partial charge is 0.345 e. The summed E-state index contributed by atoms with van der Waals surface area (Å²) in [6.07, 6.45) is 0.0789. The van der Waals surface area contributed by atoms with Gasteiger partial charge in [-0.25, -0.2) is 4.79 Å². The molecule has 2 amide bonds. The largest absolute Gasteiger partial charge is 0.478 e. The van der Waals surface area contributed by atoms with E-state index in [1.165, 1.54) is 0 Å². The molecule has 1 aliphatic heterocycles. The van der Waals surface area contributed by atoms with Crippen molar-refractivity contribution in [2.75, 3.05) is 0 Å². The fourth-order valence-electron chi connectivity index (χ4n) is 1.59. The van der Waals surface area contributed by atoms with E-state index in [1.807, 2.05) is 0 Å². The minimum Gasteiger partial charge on any atom is -0.478 e. The van der Waals surface area contributed by atoms with Crippen LogP contribution in [0.2, 0.25) is 0 Å². The van der Waals surface area contributed by atoms with E-state index in [-0.39, 0.29) is 12.8 Å². The topological polar surface area (TPSA) is 101 Å². The fraction of sp³-hybridized carbons (Fsp3) is 0.667. The second-order valence-electron chi connectivity index (χ2n) is 3.91. The van der Waals surface area contributed by atoms with E-state index in [9.17, 15) is 14.4 Å².